The molecular formula is C12H7BrClFN2O. The van der Waals surface area contributed by atoms with Crippen molar-refractivity contribution in [2.24, 2.45) is 0 Å². The molecule has 1 aromatic carbocycles. The van der Waals surface area contributed by atoms with Gasteiger partial charge in [-0.25, -0.2) is 9.37 Å². The van der Waals surface area contributed by atoms with Gasteiger partial charge in [0, 0.05) is 16.2 Å². The van der Waals surface area contributed by atoms with Gasteiger partial charge in [0.15, 0.2) is 0 Å². The number of amides is 1. The molecule has 0 bridgehead atoms. The molecule has 6 heteroatoms. The van der Waals surface area contributed by atoms with E-state index in [0.29, 0.717) is 5.82 Å². The summed E-state index contributed by atoms with van der Waals surface area (Å²) >= 11 is 8.88. The van der Waals surface area contributed by atoms with Gasteiger partial charge < -0.3 is 5.32 Å². The van der Waals surface area contributed by atoms with Crippen LogP contribution in [0.2, 0.25) is 5.02 Å². The third-order valence-corrected chi connectivity index (χ3v) is 2.93. The molecule has 3 nitrogen and oxygen atoms in total. The number of carbonyl (C=O) groups excluding carboxylic acids is 1. The summed E-state index contributed by atoms with van der Waals surface area (Å²) in [6, 6.07) is 7.16. The number of halogens is 3. The first-order valence-corrected chi connectivity index (χ1v) is 6.11. The first-order valence-electron chi connectivity index (χ1n) is 4.94. The van der Waals surface area contributed by atoms with E-state index >= 15 is 0 Å². The van der Waals surface area contributed by atoms with Crippen LogP contribution in [-0.4, -0.2) is 10.9 Å². The third kappa shape index (κ3) is 3.05. The summed E-state index contributed by atoms with van der Waals surface area (Å²) in [6.45, 7) is 0. The molecular weight excluding hydrogens is 323 g/mol. The number of nitrogens with zero attached hydrogens (tertiary/aromatic N) is 1. The van der Waals surface area contributed by atoms with Crippen LogP contribution in [-0.2, 0) is 0 Å². The van der Waals surface area contributed by atoms with Gasteiger partial charge in [0.1, 0.15) is 11.6 Å². The fraction of sp³-hybridized carbons (Fsp3) is 0. The minimum atomic E-state index is -0.561. The lowest BCUT2D eigenvalue weighted by atomic mass is 10.2. The molecule has 18 heavy (non-hydrogen) atoms. The Kier molecular flexibility index (Phi) is 3.93. The summed E-state index contributed by atoms with van der Waals surface area (Å²) in [6.07, 6.45) is 1.55. The number of nitrogens with one attached hydrogen (secondary N) is 1. The molecule has 0 unspecified atom stereocenters. The molecule has 0 aliphatic rings. The molecule has 0 aliphatic carbocycles. The Labute approximate surface area is 116 Å². The van der Waals surface area contributed by atoms with E-state index < -0.39 is 11.7 Å². The van der Waals surface area contributed by atoms with Gasteiger partial charge in [-0.3, -0.25) is 4.79 Å². The lowest BCUT2D eigenvalue weighted by Gasteiger charge is -2.05. The lowest BCUT2D eigenvalue weighted by molar-refractivity contribution is 0.102. The minimum Gasteiger partial charge on any atom is -0.307 e. The monoisotopic (exact) mass is 328 g/mol. The first kappa shape index (κ1) is 13.0. The molecule has 92 valence electrons. The normalized spacial score (nSPS) is 10.2. The van der Waals surface area contributed by atoms with Crippen molar-refractivity contribution in [2.45, 2.75) is 0 Å². The van der Waals surface area contributed by atoms with Crippen LogP contribution in [0.15, 0.2) is 41.0 Å². The van der Waals surface area contributed by atoms with Crippen LogP contribution < -0.4 is 5.32 Å². The summed E-state index contributed by atoms with van der Waals surface area (Å²) < 4.78 is 13.8. The Hall–Kier alpha value is -1.46. The number of rotatable bonds is 2. The highest BCUT2D eigenvalue weighted by atomic mass is 79.9. The standard InChI is InChI=1S/C12H7BrClFN2O/c13-8-3-4-16-11(6-8)17-12(18)7-1-2-10(15)9(14)5-7/h1-6H,(H,16,17,18). The second kappa shape index (κ2) is 5.46. The second-order valence-corrected chi connectivity index (χ2v) is 4.77. The Morgan fingerprint density at radius 1 is 1.33 bits per heavy atom. The van der Waals surface area contributed by atoms with Crippen LogP contribution in [0.25, 0.3) is 0 Å². The van der Waals surface area contributed by atoms with Crippen molar-refractivity contribution in [1.82, 2.24) is 4.98 Å². The zero-order chi connectivity index (χ0) is 13.1. The van der Waals surface area contributed by atoms with Crippen molar-refractivity contribution in [2.75, 3.05) is 5.32 Å². The molecule has 1 amide bonds. The predicted octanol–water partition coefficient (Wildman–Crippen LogP) is 3.89. The minimum absolute atomic E-state index is 0.0927. The van der Waals surface area contributed by atoms with Gasteiger partial charge >= 0.3 is 0 Å². The number of anilines is 1. The summed E-state index contributed by atoms with van der Waals surface area (Å²) in [7, 11) is 0. The Bertz CT molecular complexity index is 606. The molecule has 2 aromatic rings. The number of pyridine rings is 1. The van der Waals surface area contributed by atoms with E-state index in [9.17, 15) is 9.18 Å². The average molecular weight is 330 g/mol. The molecule has 0 spiro atoms. The van der Waals surface area contributed by atoms with Crippen LogP contribution in [0.5, 0.6) is 0 Å². The van der Waals surface area contributed by atoms with Gasteiger partial charge in [-0.2, -0.15) is 0 Å². The number of hydrogen-bond donors (Lipinski definition) is 1. The van der Waals surface area contributed by atoms with E-state index in [2.05, 4.69) is 26.2 Å². The maximum absolute atomic E-state index is 13.0. The third-order valence-electron chi connectivity index (χ3n) is 2.15. The van der Waals surface area contributed by atoms with Gasteiger partial charge in [0.2, 0.25) is 0 Å². The lowest BCUT2D eigenvalue weighted by Crippen LogP contribution is -2.12. The van der Waals surface area contributed by atoms with Crippen molar-refractivity contribution in [3.05, 3.63) is 57.4 Å². The van der Waals surface area contributed by atoms with E-state index in [4.69, 9.17) is 11.6 Å². The Balaban J connectivity index is 2.19. The summed E-state index contributed by atoms with van der Waals surface area (Å²) in [5, 5.41) is 2.49. The van der Waals surface area contributed by atoms with E-state index in [1.54, 1.807) is 18.3 Å². The van der Waals surface area contributed by atoms with E-state index in [1.165, 1.54) is 12.1 Å². The molecule has 2 rings (SSSR count). The van der Waals surface area contributed by atoms with Crippen LogP contribution in [0, 0.1) is 5.82 Å². The average Bonchev–Trinajstić information content (AvgIpc) is 2.32. The molecule has 0 aliphatic heterocycles. The van der Waals surface area contributed by atoms with Crippen LogP contribution >= 0.6 is 27.5 Å². The summed E-state index contributed by atoms with van der Waals surface area (Å²) in [4.78, 5) is 15.8. The van der Waals surface area contributed by atoms with Crippen molar-refractivity contribution in [3.63, 3.8) is 0 Å². The van der Waals surface area contributed by atoms with Crippen molar-refractivity contribution < 1.29 is 9.18 Å². The topological polar surface area (TPSA) is 42.0 Å². The van der Waals surface area contributed by atoms with Gasteiger partial charge in [0.25, 0.3) is 5.91 Å². The van der Waals surface area contributed by atoms with E-state index in [0.717, 1.165) is 10.5 Å². The molecule has 0 fully saturated rings. The SMILES string of the molecule is O=C(Nc1cc(Br)ccn1)c1ccc(F)c(Cl)c1. The molecule has 1 aromatic heterocycles. The summed E-state index contributed by atoms with van der Waals surface area (Å²) in [5.41, 5.74) is 0.267. The van der Waals surface area contributed by atoms with Crippen LogP contribution in [0.1, 0.15) is 10.4 Å². The number of carbonyl (C=O) groups is 1. The van der Waals surface area contributed by atoms with Gasteiger partial charge in [-0.15, -0.1) is 0 Å². The molecule has 1 N–H and O–H groups in total. The van der Waals surface area contributed by atoms with E-state index in [-0.39, 0.29) is 10.6 Å². The van der Waals surface area contributed by atoms with Crippen LogP contribution in [0.3, 0.4) is 0 Å². The molecule has 0 radical (unpaired) electrons. The highest BCUT2D eigenvalue weighted by Crippen LogP contribution is 2.18. The predicted molar refractivity (Wildman–Crippen MR) is 71.3 cm³/mol. The van der Waals surface area contributed by atoms with Crippen molar-refractivity contribution in [1.29, 1.82) is 0 Å². The molecule has 0 saturated carbocycles. The molecule has 0 atom stereocenters. The number of benzene rings is 1. The number of aromatic nitrogens is 1. The highest BCUT2D eigenvalue weighted by Gasteiger charge is 2.09. The highest BCUT2D eigenvalue weighted by molar-refractivity contribution is 9.10. The Morgan fingerprint density at radius 3 is 2.78 bits per heavy atom. The maximum atomic E-state index is 13.0. The second-order valence-electron chi connectivity index (χ2n) is 3.44. The smallest absolute Gasteiger partial charge is 0.256 e. The number of hydrogen-bond acceptors (Lipinski definition) is 2. The van der Waals surface area contributed by atoms with Crippen LogP contribution in [0.4, 0.5) is 10.2 Å². The fourth-order valence-electron chi connectivity index (χ4n) is 1.30. The Morgan fingerprint density at radius 2 is 2.11 bits per heavy atom. The first-order chi connectivity index (χ1) is 8.56. The quantitative estimate of drug-likeness (QED) is 0.908. The largest absolute Gasteiger partial charge is 0.307 e. The molecule has 0 saturated heterocycles. The van der Waals surface area contributed by atoms with Gasteiger partial charge in [-0.05, 0) is 30.3 Å². The maximum Gasteiger partial charge on any atom is 0.256 e. The fourth-order valence-corrected chi connectivity index (χ4v) is 1.81. The zero-order valence-corrected chi connectivity index (χ0v) is 11.3. The van der Waals surface area contributed by atoms with Crippen molar-refractivity contribution in [3.8, 4) is 0 Å². The summed E-state index contributed by atoms with van der Waals surface area (Å²) in [5.74, 6) is -0.564. The molecule has 1 heterocycles. The van der Waals surface area contributed by atoms with E-state index in [1.807, 2.05) is 0 Å². The van der Waals surface area contributed by atoms with Crippen molar-refractivity contribution >= 4 is 39.3 Å². The van der Waals surface area contributed by atoms with Gasteiger partial charge in [-0.1, -0.05) is 27.5 Å². The zero-order valence-electron chi connectivity index (χ0n) is 8.95. The van der Waals surface area contributed by atoms with Gasteiger partial charge in [0.05, 0.1) is 5.02 Å².